The van der Waals surface area contributed by atoms with E-state index in [0.29, 0.717) is 29.7 Å². The number of amides is 2. The van der Waals surface area contributed by atoms with Crippen LogP contribution < -0.4 is 20.1 Å². The van der Waals surface area contributed by atoms with Crippen molar-refractivity contribution < 1.29 is 19.1 Å². The molecule has 0 fully saturated rings. The summed E-state index contributed by atoms with van der Waals surface area (Å²) in [6, 6.07) is 12.8. The minimum absolute atomic E-state index is 0.0797. The van der Waals surface area contributed by atoms with Gasteiger partial charge in [-0.3, -0.25) is 9.59 Å². The third kappa shape index (κ3) is 7.14. The topological polar surface area (TPSA) is 76.7 Å². The van der Waals surface area contributed by atoms with Crippen molar-refractivity contribution in [2.75, 3.05) is 19.0 Å². The fraction of sp³-hybridized carbons (Fsp3) is 0.391. The number of carbonyl (C=O) groups is 2. The van der Waals surface area contributed by atoms with Crippen LogP contribution >= 0.6 is 0 Å². The lowest BCUT2D eigenvalue weighted by molar-refractivity contribution is -0.121. The SMILES string of the molecule is COc1cc(C(C)NC(=O)Cc2ccc(NC(C)=O)cc2)ccc1OCC(C)C. The molecule has 29 heavy (non-hydrogen) atoms. The Hall–Kier alpha value is -3.02. The molecule has 0 aliphatic rings. The van der Waals surface area contributed by atoms with Crippen LogP contribution in [-0.4, -0.2) is 25.5 Å². The van der Waals surface area contributed by atoms with Crippen molar-refractivity contribution in [2.45, 2.75) is 40.2 Å². The van der Waals surface area contributed by atoms with Gasteiger partial charge in [-0.05, 0) is 48.2 Å². The largest absolute Gasteiger partial charge is 0.493 e. The first-order chi connectivity index (χ1) is 13.8. The quantitative estimate of drug-likeness (QED) is 0.666. The van der Waals surface area contributed by atoms with Crippen LogP contribution in [0.5, 0.6) is 11.5 Å². The van der Waals surface area contributed by atoms with Crippen LogP contribution in [0.25, 0.3) is 0 Å². The first-order valence-electron chi connectivity index (χ1n) is 9.75. The lowest BCUT2D eigenvalue weighted by Gasteiger charge is -2.18. The highest BCUT2D eigenvalue weighted by Gasteiger charge is 2.14. The molecular weight excluding hydrogens is 368 g/mol. The highest BCUT2D eigenvalue weighted by atomic mass is 16.5. The summed E-state index contributed by atoms with van der Waals surface area (Å²) in [7, 11) is 1.61. The van der Waals surface area contributed by atoms with E-state index < -0.39 is 0 Å². The Morgan fingerprint density at radius 2 is 1.69 bits per heavy atom. The molecule has 6 nitrogen and oxygen atoms in total. The number of rotatable bonds is 9. The predicted molar refractivity (Wildman–Crippen MR) is 114 cm³/mol. The third-order valence-corrected chi connectivity index (χ3v) is 4.28. The fourth-order valence-electron chi connectivity index (χ4n) is 2.80. The number of ether oxygens (including phenoxy) is 2. The Morgan fingerprint density at radius 3 is 2.28 bits per heavy atom. The Bertz CT molecular complexity index is 831. The van der Waals surface area contributed by atoms with Crippen LogP contribution in [0.15, 0.2) is 42.5 Å². The molecular formula is C23H30N2O4. The van der Waals surface area contributed by atoms with Crippen LogP contribution in [0.4, 0.5) is 5.69 Å². The minimum atomic E-state index is -0.172. The van der Waals surface area contributed by atoms with Gasteiger partial charge in [0.2, 0.25) is 11.8 Å². The maximum absolute atomic E-state index is 12.4. The van der Waals surface area contributed by atoms with Gasteiger partial charge in [0.25, 0.3) is 0 Å². The number of anilines is 1. The second-order valence-corrected chi connectivity index (χ2v) is 7.46. The summed E-state index contributed by atoms with van der Waals surface area (Å²) in [6.07, 6.45) is 0.261. The molecule has 2 rings (SSSR count). The summed E-state index contributed by atoms with van der Waals surface area (Å²) in [5.41, 5.74) is 2.52. The van der Waals surface area contributed by atoms with Crippen molar-refractivity contribution in [1.82, 2.24) is 5.32 Å². The normalized spacial score (nSPS) is 11.7. The van der Waals surface area contributed by atoms with Crippen LogP contribution in [0.1, 0.15) is 44.9 Å². The van der Waals surface area contributed by atoms with Crippen molar-refractivity contribution in [3.05, 3.63) is 53.6 Å². The van der Waals surface area contributed by atoms with Gasteiger partial charge >= 0.3 is 0 Å². The molecule has 0 radical (unpaired) electrons. The fourth-order valence-corrected chi connectivity index (χ4v) is 2.80. The third-order valence-electron chi connectivity index (χ3n) is 4.28. The summed E-state index contributed by atoms with van der Waals surface area (Å²) >= 11 is 0. The molecule has 0 saturated heterocycles. The number of hydrogen-bond acceptors (Lipinski definition) is 4. The summed E-state index contributed by atoms with van der Waals surface area (Å²) in [5, 5.41) is 5.72. The van der Waals surface area contributed by atoms with Gasteiger partial charge in [-0.15, -0.1) is 0 Å². The van der Waals surface area contributed by atoms with E-state index in [-0.39, 0.29) is 24.3 Å². The summed E-state index contributed by atoms with van der Waals surface area (Å²) < 4.78 is 11.2. The standard InChI is InChI=1S/C23H30N2O4/c1-15(2)14-29-21-11-8-19(13-22(21)28-5)16(3)24-23(27)12-18-6-9-20(10-7-18)25-17(4)26/h6-11,13,15-16H,12,14H2,1-5H3,(H,24,27)(H,25,26). The van der Waals surface area contributed by atoms with Gasteiger partial charge in [-0.1, -0.05) is 32.0 Å². The molecule has 0 bridgehead atoms. The van der Waals surface area contributed by atoms with Crippen LogP contribution in [0.2, 0.25) is 0 Å². The number of carbonyl (C=O) groups excluding carboxylic acids is 2. The lowest BCUT2D eigenvalue weighted by Crippen LogP contribution is -2.28. The molecule has 0 spiro atoms. The minimum Gasteiger partial charge on any atom is -0.493 e. The average Bonchev–Trinajstić information content (AvgIpc) is 2.67. The van der Waals surface area contributed by atoms with E-state index in [2.05, 4.69) is 24.5 Å². The van der Waals surface area contributed by atoms with Crippen LogP contribution in [0, 0.1) is 5.92 Å². The Labute approximate surface area is 172 Å². The molecule has 0 heterocycles. The molecule has 2 aromatic carbocycles. The number of hydrogen-bond donors (Lipinski definition) is 2. The maximum atomic E-state index is 12.4. The van der Waals surface area contributed by atoms with Gasteiger partial charge in [-0.25, -0.2) is 0 Å². The Balaban J connectivity index is 1.97. The van der Waals surface area contributed by atoms with Gasteiger partial charge in [-0.2, -0.15) is 0 Å². The second-order valence-electron chi connectivity index (χ2n) is 7.46. The zero-order valence-electron chi connectivity index (χ0n) is 17.7. The van der Waals surface area contributed by atoms with E-state index in [4.69, 9.17) is 9.47 Å². The van der Waals surface area contributed by atoms with E-state index in [0.717, 1.165) is 11.1 Å². The number of nitrogens with one attached hydrogen (secondary N) is 2. The van der Waals surface area contributed by atoms with Crippen molar-refractivity contribution in [1.29, 1.82) is 0 Å². The molecule has 1 unspecified atom stereocenters. The number of benzene rings is 2. The molecule has 0 saturated carbocycles. The van der Waals surface area contributed by atoms with Gasteiger partial charge < -0.3 is 20.1 Å². The van der Waals surface area contributed by atoms with Gasteiger partial charge in [0.05, 0.1) is 26.2 Å². The van der Waals surface area contributed by atoms with E-state index in [9.17, 15) is 9.59 Å². The van der Waals surface area contributed by atoms with Crippen molar-refractivity contribution in [3.8, 4) is 11.5 Å². The molecule has 0 aliphatic carbocycles. The Morgan fingerprint density at radius 1 is 1.00 bits per heavy atom. The lowest BCUT2D eigenvalue weighted by atomic mass is 10.1. The molecule has 0 aliphatic heterocycles. The predicted octanol–water partition coefficient (Wildman–Crippen LogP) is 4.11. The zero-order valence-corrected chi connectivity index (χ0v) is 17.7. The maximum Gasteiger partial charge on any atom is 0.224 e. The first-order valence-corrected chi connectivity index (χ1v) is 9.75. The van der Waals surface area contributed by atoms with Gasteiger partial charge in [0.1, 0.15) is 0 Å². The highest BCUT2D eigenvalue weighted by molar-refractivity contribution is 5.88. The Kier molecular flexibility index (Phi) is 8.07. The summed E-state index contributed by atoms with van der Waals surface area (Å²) in [4.78, 5) is 23.5. The monoisotopic (exact) mass is 398 g/mol. The summed E-state index contributed by atoms with van der Waals surface area (Å²) in [5.74, 6) is 1.56. The number of methoxy groups -OCH3 is 1. The summed E-state index contributed by atoms with van der Waals surface area (Å²) in [6.45, 7) is 8.18. The average molecular weight is 399 g/mol. The van der Waals surface area contributed by atoms with E-state index in [1.165, 1.54) is 6.92 Å². The van der Waals surface area contributed by atoms with Gasteiger partial charge in [0, 0.05) is 12.6 Å². The van der Waals surface area contributed by atoms with Crippen molar-refractivity contribution in [2.24, 2.45) is 5.92 Å². The zero-order chi connectivity index (χ0) is 21.4. The van der Waals surface area contributed by atoms with Crippen LogP contribution in [0.3, 0.4) is 0 Å². The van der Waals surface area contributed by atoms with E-state index >= 15 is 0 Å². The molecule has 2 amide bonds. The van der Waals surface area contributed by atoms with E-state index in [1.807, 2.05) is 37.3 Å². The smallest absolute Gasteiger partial charge is 0.224 e. The molecule has 2 aromatic rings. The first kappa shape index (κ1) is 22.3. The second kappa shape index (κ2) is 10.5. The van der Waals surface area contributed by atoms with Gasteiger partial charge in [0.15, 0.2) is 11.5 Å². The molecule has 156 valence electrons. The molecule has 2 N–H and O–H groups in total. The molecule has 0 aromatic heterocycles. The molecule has 1 atom stereocenters. The molecule has 6 heteroatoms. The van der Waals surface area contributed by atoms with Crippen molar-refractivity contribution >= 4 is 17.5 Å². The van der Waals surface area contributed by atoms with Crippen molar-refractivity contribution in [3.63, 3.8) is 0 Å². The highest BCUT2D eigenvalue weighted by Crippen LogP contribution is 2.30. The van der Waals surface area contributed by atoms with E-state index in [1.54, 1.807) is 19.2 Å². The van der Waals surface area contributed by atoms with Crippen LogP contribution in [-0.2, 0) is 16.0 Å².